The quantitative estimate of drug-likeness (QED) is 0.0732. The van der Waals surface area contributed by atoms with Gasteiger partial charge in [-0.1, -0.05) is 45.0 Å². The largest absolute Gasteiger partial charge is 0.510 e. The van der Waals surface area contributed by atoms with Crippen LogP contribution in [-0.4, -0.2) is 44.3 Å². The molecule has 1 unspecified atom stereocenters. The van der Waals surface area contributed by atoms with Gasteiger partial charge in [0.2, 0.25) is 16.2 Å². The number of fused-ring (bicyclic) bond motifs is 1. The van der Waals surface area contributed by atoms with Crippen LogP contribution in [0, 0.1) is 0 Å². The Morgan fingerprint density at radius 3 is 2.29 bits per heavy atom. The van der Waals surface area contributed by atoms with Gasteiger partial charge in [-0.05, 0) is 64.9 Å². The first kappa shape index (κ1) is 37.8. The maximum Gasteiger partial charge on any atom is 0.510 e. The minimum atomic E-state index is -3.64. The van der Waals surface area contributed by atoms with Gasteiger partial charge in [0.1, 0.15) is 23.1 Å². The zero-order valence-electron chi connectivity index (χ0n) is 29.6. The molecule has 0 saturated carbocycles. The number of urea groups is 1. The number of pyridine rings is 1. The van der Waals surface area contributed by atoms with Gasteiger partial charge in [-0.2, -0.15) is 4.89 Å². The van der Waals surface area contributed by atoms with E-state index in [0.717, 1.165) is 17.2 Å². The maximum atomic E-state index is 13.4. The smallest absolute Gasteiger partial charge is 0.493 e. The Balaban J connectivity index is 1.37. The van der Waals surface area contributed by atoms with Crippen LogP contribution in [0.4, 0.5) is 33.4 Å². The van der Waals surface area contributed by atoms with Gasteiger partial charge in [0.15, 0.2) is 5.75 Å². The topological polar surface area (TPSA) is 177 Å². The van der Waals surface area contributed by atoms with Crippen molar-refractivity contribution in [1.82, 2.24) is 4.98 Å². The van der Waals surface area contributed by atoms with Crippen LogP contribution in [0.25, 0.3) is 10.8 Å². The van der Waals surface area contributed by atoms with Crippen molar-refractivity contribution in [3.05, 3.63) is 96.2 Å². The van der Waals surface area contributed by atoms with E-state index in [1.807, 2.05) is 52.0 Å². The van der Waals surface area contributed by atoms with Crippen molar-refractivity contribution >= 4 is 63.4 Å². The summed E-state index contributed by atoms with van der Waals surface area (Å²) in [6, 6.07) is 22.6. The summed E-state index contributed by atoms with van der Waals surface area (Å²) in [6.07, 6.45) is 2.64. The van der Waals surface area contributed by atoms with Crippen LogP contribution in [0.3, 0.4) is 0 Å². The Bertz CT molecular complexity index is 2240. The molecule has 0 spiro atoms. The maximum absolute atomic E-state index is 13.4. The lowest BCUT2D eigenvalue weighted by Gasteiger charge is -2.24. The van der Waals surface area contributed by atoms with E-state index in [9.17, 15) is 22.7 Å². The van der Waals surface area contributed by atoms with Gasteiger partial charge in [-0.25, -0.2) is 18.2 Å². The fourth-order valence-corrected chi connectivity index (χ4v) is 6.52. The number of nitrogens with zero attached hydrogens (tertiary/aromatic N) is 1. The molecular formula is C37H41N5O8PS+. The monoisotopic (exact) mass is 746 g/mol. The standard InChI is InChI=1S/C37H40N5O8PS/c1-7-49-33-20-25(13-12-23(33)22-51(44)45)39-34-21-26(16-17-38-34)50-32-15-14-29(27-10-8-9-11-28(27)32)40-36(43)41-30-18-24(37(2,3)4)19-31(35(30)48-5)42-52(6,46)47/h8-21,42H,7,22H2,1-6H3,(H3-,38,39,40,41,43,44,45)/p+1. The first-order valence-corrected chi connectivity index (χ1v) is 19.5. The molecule has 2 amide bonds. The summed E-state index contributed by atoms with van der Waals surface area (Å²) in [6.45, 7) is 8.18. The third kappa shape index (κ3) is 9.66. The lowest BCUT2D eigenvalue weighted by atomic mass is 9.86. The van der Waals surface area contributed by atoms with Crippen LogP contribution in [0.2, 0.25) is 0 Å². The number of carbonyl (C=O) groups is 1. The van der Waals surface area contributed by atoms with Crippen molar-refractivity contribution in [1.29, 1.82) is 0 Å². The number of anilines is 5. The van der Waals surface area contributed by atoms with Crippen molar-refractivity contribution in [3.63, 3.8) is 0 Å². The van der Waals surface area contributed by atoms with Gasteiger partial charge in [-0.3, -0.25) is 4.72 Å². The van der Waals surface area contributed by atoms with E-state index >= 15 is 0 Å². The zero-order valence-corrected chi connectivity index (χ0v) is 31.3. The second kappa shape index (κ2) is 15.9. The number of benzene rings is 4. The molecule has 1 heterocycles. The number of methoxy groups -OCH3 is 1. The van der Waals surface area contributed by atoms with Crippen molar-refractivity contribution in [2.75, 3.05) is 40.6 Å². The molecule has 0 bridgehead atoms. The molecule has 1 aromatic heterocycles. The van der Waals surface area contributed by atoms with Gasteiger partial charge in [0.25, 0.3) is 0 Å². The van der Waals surface area contributed by atoms with E-state index in [2.05, 4.69) is 25.7 Å². The molecule has 0 aliphatic heterocycles. The molecule has 1 atom stereocenters. The predicted octanol–water partition coefficient (Wildman–Crippen LogP) is 8.73. The predicted molar refractivity (Wildman–Crippen MR) is 205 cm³/mol. The van der Waals surface area contributed by atoms with Crippen molar-refractivity contribution in [2.45, 2.75) is 39.3 Å². The molecule has 272 valence electrons. The van der Waals surface area contributed by atoms with E-state index in [-0.39, 0.29) is 28.7 Å². The molecule has 13 nitrogen and oxygen atoms in total. The summed E-state index contributed by atoms with van der Waals surface area (Å²) in [5, 5.41) is 10.4. The Labute approximate surface area is 303 Å². The summed E-state index contributed by atoms with van der Waals surface area (Å²) < 4.78 is 55.7. The van der Waals surface area contributed by atoms with Crippen LogP contribution < -0.4 is 34.9 Å². The Morgan fingerprint density at radius 1 is 0.904 bits per heavy atom. The van der Waals surface area contributed by atoms with Gasteiger partial charge in [0, 0.05) is 40.4 Å². The van der Waals surface area contributed by atoms with Gasteiger partial charge >= 0.3 is 14.1 Å². The third-order valence-electron chi connectivity index (χ3n) is 7.74. The second-order valence-corrected chi connectivity index (χ2v) is 15.6. The molecule has 15 heteroatoms. The summed E-state index contributed by atoms with van der Waals surface area (Å²) in [7, 11) is -4.60. The highest BCUT2D eigenvalue weighted by atomic mass is 32.2. The van der Waals surface area contributed by atoms with Crippen molar-refractivity contribution < 1.29 is 36.9 Å². The molecular weight excluding hydrogens is 705 g/mol. The van der Waals surface area contributed by atoms with Crippen LogP contribution in [-0.2, 0) is 26.2 Å². The molecule has 0 aliphatic rings. The molecule has 5 rings (SSSR count). The minimum absolute atomic E-state index is 0.00855. The Morgan fingerprint density at radius 2 is 1.62 bits per heavy atom. The van der Waals surface area contributed by atoms with E-state index in [1.54, 1.807) is 60.8 Å². The average Bonchev–Trinajstić information content (AvgIpc) is 3.06. The molecule has 52 heavy (non-hydrogen) atoms. The highest BCUT2D eigenvalue weighted by Crippen LogP contribution is 2.40. The van der Waals surface area contributed by atoms with Gasteiger partial charge in [-0.15, -0.1) is 0 Å². The number of nitrogens with one attached hydrogen (secondary N) is 4. The molecule has 0 fully saturated rings. The van der Waals surface area contributed by atoms with Crippen molar-refractivity contribution in [3.8, 4) is 23.0 Å². The number of hydrogen-bond donors (Lipinski definition) is 5. The van der Waals surface area contributed by atoms with Crippen LogP contribution in [0.1, 0.15) is 38.8 Å². The van der Waals surface area contributed by atoms with E-state index in [0.29, 0.717) is 52.0 Å². The first-order valence-electron chi connectivity index (χ1n) is 16.2. The molecule has 0 saturated heterocycles. The zero-order chi connectivity index (χ0) is 37.6. The summed E-state index contributed by atoms with van der Waals surface area (Å²) >= 11 is 0. The van der Waals surface area contributed by atoms with Crippen LogP contribution in [0.5, 0.6) is 23.0 Å². The highest BCUT2D eigenvalue weighted by molar-refractivity contribution is 7.92. The minimum Gasteiger partial charge on any atom is -0.493 e. The Kier molecular flexibility index (Phi) is 11.5. The molecule has 4 aromatic carbocycles. The normalized spacial score (nSPS) is 11.8. The Hall–Kier alpha value is -5.43. The van der Waals surface area contributed by atoms with E-state index in [1.165, 1.54) is 7.11 Å². The summed E-state index contributed by atoms with van der Waals surface area (Å²) in [4.78, 5) is 27.2. The molecule has 0 radical (unpaired) electrons. The fraction of sp³-hybridized carbons (Fsp3) is 0.243. The summed E-state index contributed by atoms with van der Waals surface area (Å²) in [5.74, 6) is 2.22. The number of hydrogen-bond acceptors (Lipinski definition) is 9. The van der Waals surface area contributed by atoms with Crippen LogP contribution in [0.15, 0.2) is 85.1 Å². The number of amides is 2. The van der Waals surface area contributed by atoms with E-state index in [4.69, 9.17) is 14.2 Å². The fourth-order valence-electron chi connectivity index (χ4n) is 5.41. The summed E-state index contributed by atoms with van der Waals surface area (Å²) in [5.41, 5.74) is 2.73. The number of carbonyl (C=O) groups excluding carboxylic acids is 1. The van der Waals surface area contributed by atoms with Crippen molar-refractivity contribution in [2.24, 2.45) is 0 Å². The second-order valence-electron chi connectivity index (χ2n) is 12.8. The molecule has 0 aliphatic carbocycles. The van der Waals surface area contributed by atoms with Crippen LogP contribution >= 0.6 is 8.03 Å². The average molecular weight is 747 g/mol. The third-order valence-corrected chi connectivity index (χ3v) is 8.94. The highest BCUT2D eigenvalue weighted by Gasteiger charge is 2.23. The number of aromatic nitrogens is 1. The SMILES string of the molecule is CCOc1cc(Nc2cc(Oc3ccc(NC(=O)Nc4cc(C(C)(C)C)cc(NS(C)(=O)=O)c4OC)c4ccccc34)ccn2)ccc1C[P+](=O)O. The molecule has 5 aromatic rings. The number of sulfonamides is 1. The lowest BCUT2D eigenvalue weighted by Crippen LogP contribution is -2.22. The van der Waals surface area contributed by atoms with E-state index < -0.39 is 24.1 Å². The van der Waals surface area contributed by atoms with Gasteiger partial charge < -0.3 is 30.2 Å². The molecule has 5 N–H and O–H groups in total. The van der Waals surface area contributed by atoms with Gasteiger partial charge in [0.05, 0.1) is 37.0 Å². The lowest BCUT2D eigenvalue weighted by molar-refractivity contribution is 0.262. The number of ether oxygens (including phenoxy) is 3. The first-order chi connectivity index (χ1) is 24.6. The number of rotatable bonds is 13.